The second-order valence-electron chi connectivity index (χ2n) is 9.20. The molecule has 0 N–H and O–H groups in total. The van der Waals surface area contributed by atoms with Crippen LogP contribution in [0, 0.1) is 17.8 Å². The van der Waals surface area contributed by atoms with Crippen LogP contribution in [0.4, 0.5) is 0 Å². The van der Waals surface area contributed by atoms with Crippen LogP contribution in [-0.4, -0.2) is 47.8 Å². The molecule has 4 nitrogen and oxygen atoms in total. The number of unbranched alkanes of at least 4 members (excludes halogenated alkanes) is 1. The van der Waals surface area contributed by atoms with Gasteiger partial charge in [0.2, 0.25) is 11.8 Å². The van der Waals surface area contributed by atoms with Gasteiger partial charge in [0.25, 0.3) is 0 Å². The molecule has 3 aliphatic rings. The van der Waals surface area contributed by atoms with Crippen molar-refractivity contribution in [1.82, 2.24) is 9.80 Å². The summed E-state index contributed by atoms with van der Waals surface area (Å²) in [6.45, 7) is 5.73. The highest BCUT2D eigenvalue weighted by molar-refractivity contribution is 5.81. The molecule has 0 aromatic carbocycles. The summed E-state index contributed by atoms with van der Waals surface area (Å²) in [6, 6.07) is 0. The van der Waals surface area contributed by atoms with Crippen LogP contribution in [0.1, 0.15) is 90.4 Å². The normalized spacial score (nSPS) is 28.0. The van der Waals surface area contributed by atoms with E-state index in [1.165, 1.54) is 44.9 Å². The number of nitrogens with zero attached hydrogens (tertiary/aromatic N) is 2. The van der Waals surface area contributed by atoms with Crippen molar-refractivity contribution < 1.29 is 9.59 Å². The predicted molar refractivity (Wildman–Crippen MR) is 109 cm³/mol. The lowest BCUT2D eigenvalue weighted by Gasteiger charge is -2.37. The first-order chi connectivity index (χ1) is 13.2. The Morgan fingerprint density at radius 3 is 1.78 bits per heavy atom. The number of piperidine rings is 1. The van der Waals surface area contributed by atoms with E-state index in [1.807, 2.05) is 0 Å². The van der Waals surface area contributed by atoms with Crippen LogP contribution in [0.2, 0.25) is 0 Å². The van der Waals surface area contributed by atoms with Gasteiger partial charge in [-0.15, -0.1) is 0 Å². The van der Waals surface area contributed by atoms with Gasteiger partial charge in [-0.25, -0.2) is 0 Å². The van der Waals surface area contributed by atoms with Crippen molar-refractivity contribution in [2.75, 3.05) is 26.2 Å². The Morgan fingerprint density at radius 2 is 1.22 bits per heavy atom. The second kappa shape index (κ2) is 10.5. The SMILES string of the molecule is CCCCC1CCC(C(=O)N2CCC(C(=O)N3CCCCCC3)CC2)CC1. The van der Waals surface area contributed by atoms with Crippen molar-refractivity contribution in [2.45, 2.75) is 90.4 Å². The van der Waals surface area contributed by atoms with Gasteiger partial charge in [0.1, 0.15) is 0 Å². The molecule has 2 heterocycles. The summed E-state index contributed by atoms with van der Waals surface area (Å²) in [5.41, 5.74) is 0. The van der Waals surface area contributed by atoms with Crippen molar-refractivity contribution in [3.63, 3.8) is 0 Å². The molecule has 27 heavy (non-hydrogen) atoms. The fourth-order valence-corrected chi connectivity index (χ4v) is 5.35. The van der Waals surface area contributed by atoms with Crippen LogP contribution in [-0.2, 0) is 9.59 Å². The van der Waals surface area contributed by atoms with Crippen molar-refractivity contribution in [2.24, 2.45) is 17.8 Å². The highest BCUT2D eigenvalue weighted by atomic mass is 16.2. The molecule has 154 valence electrons. The molecule has 2 amide bonds. The van der Waals surface area contributed by atoms with E-state index in [0.717, 1.165) is 70.6 Å². The molecule has 0 atom stereocenters. The molecule has 0 radical (unpaired) electrons. The lowest BCUT2D eigenvalue weighted by molar-refractivity contribution is -0.143. The van der Waals surface area contributed by atoms with Gasteiger partial charge in [0, 0.05) is 38.0 Å². The first-order valence-electron chi connectivity index (χ1n) is 11.8. The maximum Gasteiger partial charge on any atom is 0.225 e. The van der Waals surface area contributed by atoms with Crippen LogP contribution in [0.25, 0.3) is 0 Å². The third-order valence-electron chi connectivity index (χ3n) is 7.24. The number of carbonyl (C=O) groups is 2. The molecule has 4 heteroatoms. The number of amides is 2. The van der Waals surface area contributed by atoms with Gasteiger partial charge in [-0.3, -0.25) is 9.59 Å². The van der Waals surface area contributed by atoms with Gasteiger partial charge in [-0.05, 0) is 57.3 Å². The molecule has 1 aliphatic carbocycles. The third kappa shape index (κ3) is 5.71. The van der Waals surface area contributed by atoms with Gasteiger partial charge in [0.05, 0.1) is 0 Å². The summed E-state index contributed by atoms with van der Waals surface area (Å²) < 4.78 is 0. The standard InChI is InChI=1S/C23H40N2O2/c1-2-3-8-19-9-11-20(12-10-19)22(26)25-17-13-21(14-18-25)23(27)24-15-6-4-5-7-16-24/h19-21H,2-18H2,1H3. The van der Waals surface area contributed by atoms with Crippen LogP contribution >= 0.6 is 0 Å². The average molecular weight is 377 g/mol. The smallest absolute Gasteiger partial charge is 0.225 e. The molecule has 3 fully saturated rings. The molecule has 0 unspecified atom stereocenters. The summed E-state index contributed by atoms with van der Waals surface area (Å²) in [6.07, 6.45) is 15.2. The number of hydrogen-bond acceptors (Lipinski definition) is 2. The third-order valence-corrected chi connectivity index (χ3v) is 7.24. The van der Waals surface area contributed by atoms with E-state index in [1.54, 1.807) is 0 Å². The minimum Gasteiger partial charge on any atom is -0.342 e. The first kappa shape index (κ1) is 20.7. The highest BCUT2D eigenvalue weighted by Gasteiger charge is 2.34. The summed E-state index contributed by atoms with van der Waals surface area (Å²) in [7, 11) is 0. The Morgan fingerprint density at radius 1 is 0.704 bits per heavy atom. The zero-order valence-corrected chi connectivity index (χ0v) is 17.5. The van der Waals surface area contributed by atoms with E-state index in [9.17, 15) is 9.59 Å². The summed E-state index contributed by atoms with van der Waals surface area (Å²) in [4.78, 5) is 29.9. The molecule has 0 bridgehead atoms. The number of rotatable bonds is 5. The first-order valence-corrected chi connectivity index (χ1v) is 11.8. The lowest BCUT2D eigenvalue weighted by atomic mass is 9.79. The predicted octanol–water partition coefficient (Wildman–Crippen LogP) is 4.62. The number of carbonyl (C=O) groups excluding carboxylic acids is 2. The molecule has 1 saturated carbocycles. The van der Waals surface area contributed by atoms with E-state index in [-0.39, 0.29) is 11.8 Å². The molecular formula is C23H40N2O2. The second-order valence-corrected chi connectivity index (χ2v) is 9.20. The van der Waals surface area contributed by atoms with E-state index >= 15 is 0 Å². The fourth-order valence-electron chi connectivity index (χ4n) is 5.35. The van der Waals surface area contributed by atoms with Crippen molar-refractivity contribution >= 4 is 11.8 Å². The average Bonchev–Trinajstić information content (AvgIpc) is 3.01. The van der Waals surface area contributed by atoms with Crippen molar-refractivity contribution in [3.8, 4) is 0 Å². The van der Waals surface area contributed by atoms with Crippen LogP contribution in [0.5, 0.6) is 0 Å². The largest absolute Gasteiger partial charge is 0.342 e. The van der Waals surface area contributed by atoms with Crippen LogP contribution in [0.15, 0.2) is 0 Å². The van der Waals surface area contributed by atoms with Gasteiger partial charge >= 0.3 is 0 Å². The maximum atomic E-state index is 12.9. The Bertz CT molecular complexity index is 469. The molecule has 2 saturated heterocycles. The van der Waals surface area contributed by atoms with Gasteiger partial charge in [0.15, 0.2) is 0 Å². The Labute approximate surface area is 166 Å². The molecule has 0 aromatic rings. The topological polar surface area (TPSA) is 40.6 Å². The molecular weight excluding hydrogens is 336 g/mol. The van der Waals surface area contributed by atoms with Crippen LogP contribution < -0.4 is 0 Å². The van der Waals surface area contributed by atoms with E-state index < -0.39 is 0 Å². The molecule has 2 aliphatic heterocycles. The molecule has 3 rings (SSSR count). The zero-order chi connectivity index (χ0) is 19.1. The van der Waals surface area contributed by atoms with E-state index in [4.69, 9.17) is 0 Å². The molecule has 0 aromatic heterocycles. The van der Waals surface area contributed by atoms with E-state index in [2.05, 4.69) is 16.7 Å². The number of hydrogen-bond donors (Lipinski definition) is 0. The monoisotopic (exact) mass is 376 g/mol. The van der Waals surface area contributed by atoms with Crippen LogP contribution in [0.3, 0.4) is 0 Å². The Kier molecular flexibility index (Phi) is 8.02. The zero-order valence-electron chi connectivity index (χ0n) is 17.5. The summed E-state index contributed by atoms with van der Waals surface area (Å²) in [5, 5.41) is 0. The highest BCUT2D eigenvalue weighted by Crippen LogP contribution is 2.33. The Hall–Kier alpha value is -1.06. The minimum absolute atomic E-state index is 0.150. The van der Waals surface area contributed by atoms with Crippen molar-refractivity contribution in [1.29, 1.82) is 0 Å². The van der Waals surface area contributed by atoms with Gasteiger partial charge < -0.3 is 9.80 Å². The quantitative estimate of drug-likeness (QED) is 0.702. The van der Waals surface area contributed by atoms with Gasteiger partial charge in [-0.1, -0.05) is 39.0 Å². The maximum absolute atomic E-state index is 12.9. The summed E-state index contributed by atoms with van der Waals surface area (Å²) >= 11 is 0. The van der Waals surface area contributed by atoms with Gasteiger partial charge in [-0.2, -0.15) is 0 Å². The summed E-state index contributed by atoms with van der Waals surface area (Å²) in [5.74, 6) is 1.99. The van der Waals surface area contributed by atoms with E-state index in [0.29, 0.717) is 11.8 Å². The molecule has 0 spiro atoms. The lowest BCUT2D eigenvalue weighted by Crippen LogP contribution is -2.46. The Balaban J connectivity index is 1.41. The van der Waals surface area contributed by atoms with Crippen molar-refractivity contribution in [3.05, 3.63) is 0 Å². The number of likely N-dealkylation sites (tertiary alicyclic amines) is 2. The fraction of sp³-hybridized carbons (Fsp3) is 0.913. The minimum atomic E-state index is 0.150.